The molecule has 0 saturated heterocycles. The third-order valence-corrected chi connectivity index (χ3v) is 2.65. The summed E-state index contributed by atoms with van der Waals surface area (Å²) in [6.07, 6.45) is 2.48. The van der Waals surface area contributed by atoms with E-state index in [2.05, 4.69) is 39.6 Å². The van der Waals surface area contributed by atoms with Gasteiger partial charge in [0.15, 0.2) is 0 Å². The van der Waals surface area contributed by atoms with Gasteiger partial charge >= 0.3 is 0 Å². The highest BCUT2D eigenvalue weighted by atomic mass is 15.1. The van der Waals surface area contributed by atoms with Crippen molar-refractivity contribution in [3.63, 3.8) is 0 Å². The van der Waals surface area contributed by atoms with Crippen LogP contribution in [0.25, 0.3) is 0 Å². The molecule has 0 radical (unpaired) electrons. The highest BCUT2D eigenvalue weighted by Crippen LogP contribution is 2.18. The fourth-order valence-electron chi connectivity index (χ4n) is 1.20. The number of hydrogen-bond acceptors (Lipinski definition) is 2. The van der Waals surface area contributed by atoms with E-state index in [4.69, 9.17) is 5.73 Å². The third kappa shape index (κ3) is 8.52. The molecule has 2 nitrogen and oxygen atoms in total. The summed E-state index contributed by atoms with van der Waals surface area (Å²) < 4.78 is 0. The van der Waals surface area contributed by atoms with Gasteiger partial charge < -0.3 is 10.6 Å². The van der Waals surface area contributed by atoms with Gasteiger partial charge in [0.25, 0.3) is 0 Å². The second-order valence-corrected chi connectivity index (χ2v) is 5.74. The number of nitrogens with zero attached hydrogens (tertiary/aromatic N) is 1. The summed E-state index contributed by atoms with van der Waals surface area (Å²) in [5, 5.41) is 0. The second-order valence-electron chi connectivity index (χ2n) is 5.74. The molecule has 0 fully saturated rings. The summed E-state index contributed by atoms with van der Waals surface area (Å²) in [4.78, 5) is 2.41. The maximum Gasteiger partial charge on any atom is -0.00168 e. The molecule has 0 heterocycles. The van der Waals surface area contributed by atoms with E-state index >= 15 is 0 Å². The SMILES string of the molecule is CC(CN)CCN(C)CCC(C)(C)C. The fraction of sp³-hybridized carbons (Fsp3) is 1.00. The van der Waals surface area contributed by atoms with Crippen LogP contribution >= 0.6 is 0 Å². The van der Waals surface area contributed by atoms with Gasteiger partial charge in [-0.2, -0.15) is 0 Å². The van der Waals surface area contributed by atoms with Crippen LogP contribution in [0.2, 0.25) is 0 Å². The molecule has 0 amide bonds. The summed E-state index contributed by atoms with van der Waals surface area (Å²) in [6, 6.07) is 0. The molecule has 0 bridgehead atoms. The maximum atomic E-state index is 5.58. The van der Waals surface area contributed by atoms with Crippen molar-refractivity contribution in [2.75, 3.05) is 26.7 Å². The van der Waals surface area contributed by atoms with Crippen LogP contribution in [0.4, 0.5) is 0 Å². The fourth-order valence-corrected chi connectivity index (χ4v) is 1.20. The molecular formula is C12H28N2. The predicted molar refractivity (Wildman–Crippen MR) is 64.4 cm³/mol. The first-order valence-electron chi connectivity index (χ1n) is 5.74. The molecule has 0 aliphatic heterocycles. The predicted octanol–water partition coefficient (Wildman–Crippen LogP) is 2.34. The van der Waals surface area contributed by atoms with Gasteiger partial charge in [0.2, 0.25) is 0 Å². The lowest BCUT2D eigenvalue weighted by Crippen LogP contribution is -2.26. The Morgan fingerprint density at radius 1 is 1.21 bits per heavy atom. The van der Waals surface area contributed by atoms with Gasteiger partial charge in [0.05, 0.1) is 0 Å². The second kappa shape index (κ2) is 6.41. The largest absolute Gasteiger partial charge is 0.330 e. The zero-order chi connectivity index (χ0) is 11.2. The van der Waals surface area contributed by atoms with Crippen LogP contribution in [-0.2, 0) is 0 Å². The molecule has 1 atom stereocenters. The Balaban J connectivity index is 3.51. The van der Waals surface area contributed by atoms with E-state index in [-0.39, 0.29) is 0 Å². The molecule has 0 aromatic carbocycles. The van der Waals surface area contributed by atoms with E-state index in [1.165, 1.54) is 25.9 Å². The molecule has 1 unspecified atom stereocenters. The Labute approximate surface area is 89.9 Å². The Hall–Kier alpha value is -0.0800. The van der Waals surface area contributed by atoms with Crippen LogP contribution in [0, 0.1) is 11.3 Å². The van der Waals surface area contributed by atoms with Gasteiger partial charge in [0.1, 0.15) is 0 Å². The molecule has 14 heavy (non-hydrogen) atoms. The molecule has 86 valence electrons. The Kier molecular flexibility index (Phi) is 6.38. The van der Waals surface area contributed by atoms with Crippen molar-refractivity contribution in [1.82, 2.24) is 4.90 Å². The van der Waals surface area contributed by atoms with Crippen molar-refractivity contribution in [2.24, 2.45) is 17.1 Å². The van der Waals surface area contributed by atoms with E-state index < -0.39 is 0 Å². The van der Waals surface area contributed by atoms with Crippen LogP contribution in [0.3, 0.4) is 0 Å². The molecule has 0 rings (SSSR count). The van der Waals surface area contributed by atoms with Crippen molar-refractivity contribution in [2.45, 2.75) is 40.5 Å². The summed E-state index contributed by atoms with van der Waals surface area (Å²) in [5.74, 6) is 0.659. The number of rotatable bonds is 6. The molecule has 0 aliphatic rings. The Morgan fingerprint density at radius 3 is 2.21 bits per heavy atom. The molecular weight excluding hydrogens is 172 g/mol. The third-order valence-electron chi connectivity index (χ3n) is 2.65. The quantitative estimate of drug-likeness (QED) is 0.713. The van der Waals surface area contributed by atoms with Crippen LogP contribution in [0.15, 0.2) is 0 Å². The summed E-state index contributed by atoms with van der Waals surface area (Å²) in [6.45, 7) is 12.3. The summed E-state index contributed by atoms with van der Waals surface area (Å²) >= 11 is 0. The van der Waals surface area contributed by atoms with Gasteiger partial charge in [-0.05, 0) is 50.9 Å². The standard InChI is InChI=1S/C12H28N2/c1-11(10-13)6-8-14(5)9-7-12(2,3)4/h11H,6-10,13H2,1-5H3. The summed E-state index contributed by atoms with van der Waals surface area (Å²) in [5.41, 5.74) is 6.04. The zero-order valence-electron chi connectivity index (χ0n) is 10.6. The number of hydrogen-bond donors (Lipinski definition) is 1. The average Bonchev–Trinajstić information content (AvgIpc) is 2.09. The molecule has 0 aliphatic carbocycles. The van der Waals surface area contributed by atoms with E-state index in [0.29, 0.717) is 11.3 Å². The Bertz CT molecular complexity index is 138. The van der Waals surface area contributed by atoms with Crippen LogP contribution < -0.4 is 5.73 Å². The van der Waals surface area contributed by atoms with Crippen molar-refractivity contribution in [1.29, 1.82) is 0 Å². The normalized spacial score (nSPS) is 14.8. The molecule has 0 spiro atoms. The topological polar surface area (TPSA) is 29.3 Å². The van der Waals surface area contributed by atoms with Gasteiger partial charge in [0, 0.05) is 0 Å². The Morgan fingerprint density at radius 2 is 1.79 bits per heavy atom. The number of nitrogens with two attached hydrogens (primary N) is 1. The first-order valence-corrected chi connectivity index (χ1v) is 5.74. The highest BCUT2D eigenvalue weighted by Gasteiger charge is 2.11. The van der Waals surface area contributed by atoms with Crippen molar-refractivity contribution < 1.29 is 0 Å². The minimum absolute atomic E-state index is 0.452. The van der Waals surface area contributed by atoms with Gasteiger partial charge in [-0.25, -0.2) is 0 Å². The highest BCUT2D eigenvalue weighted by molar-refractivity contribution is 4.65. The first kappa shape index (κ1) is 13.9. The lowest BCUT2D eigenvalue weighted by molar-refractivity contribution is 0.252. The van der Waals surface area contributed by atoms with Gasteiger partial charge in [-0.1, -0.05) is 27.7 Å². The van der Waals surface area contributed by atoms with E-state index in [1.807, 2.05) is 0 Å². The van der Waals surface area contributed by atoms with Crippen LogP contribution in [-0.4, -0.2) is 31.6 Å². The van der Waals surface area contributed by atoms with E-state index in [1.54, 1.807) is 0 Å². The molecule has 2 N–H and O–H groups in total. The van der Waals surface area contributed by atoms with Crippen LogP contribution in [0.5, 0.6) is 0 Å². The maximum absolute atomic E-state index is 5.58. The lowest BCUT2D eigenvalue weighted by Gasteiger charge is -2.24. The van der Waals surface area contributed by atoms with Crippen molar-refractivity contribution >= 4 is 0 Å². The molecule has 2 heteroatoms. The van der Waals surface area contributed by atoms with Gasteiger partial charge in [-0.3, -0.25) is 0 Å². The minimum Gasteiger partial charge on any atom is -0.330 e. The monoisotopic (exact) mass is 200 g/mol. The van der Waals surface area contributed by atoms with Gasteiger partial charge in [-0.15, -0.1) is 0 Å². The van der Waals surface area contributed by atoms with Crippen molar-refractivity contribution in [3.05, 3.63) is 0 Å². The molecule has 0 aromatic heterocycles. The van der Waals surface area contributed by atoms with Crippen LogP contribution in [0.1, 0.15) is 40.5 Å². The summed E-state index contributed by atoms with van der Waals surface area (Å²) in [7, 11) is 2.20. The lowest BCUT2D eigenvalue weighted by atomic mass is 9.92. The smallest absolute Gasteiger partial charge is 0.00168 e. The van der Waals surface area contributed by atoms with Crippen molar-refractivity contribution in [3.8, 4) is 0 Å². The average molecular weight is 200 g/mol. The first-order chi connectivity index (χ1) is 6.35. The minimum atomic E-state index is 0.452. The molecule has 0 saturated carbocycles. The molecule has 0 aromatic rings. The zero-order valence-corrected chi connectivity index (χ0v) is 10.6. The van der Waals surface area contributed by atoms with E-state index in [0.717, 1.165) is 6.54 Å². The van der Waals surface area contributed by atoms with E-state index in [9.17, 15) is 0 Å².